The van der Waals surface area contributed by atoms with Crippen molar-refractivity contribution in [3.8, 4) is 0 Å². The van der Waals surface area contributed by atoms with Gasteiger partial charge in [0.05, 0.1) is 12.6 Å². The van der Waals surface area contributed by atoms with Crippen molar-refractivity contribution in [1.82, 2.24) is 10.6 Å². The van der Waals surface area contributed by atoms with Crippen LogP contribution in [-0.2, 0) is 9.53 Å². The molecule has 6 heteroatoms. The first-order valence-corrected chi connectivity index (χ1v) is 7.87. The molecule has 0 aliphatic carbocycles. The number of alkyl carbamates (subject to hydrolysis) is 1. The molecule has 0 aliphatic heterocycles. The zero-order valence-corrected chi connectivity index (χ0v) is 14.9. The minimum atomic E-state index is -0.698. The van der Waals surface area contributed by atoms with Crippen LogP contribution in [0.4, 0.5) is 4.79 Å². The Kier molecular flexibility index (Phi) is 8.45. The summed E-state index contributed by atoms with van der Waals surface area (Å²) in [4.78, 5) is 24.2. The highest BCUT2D eigenvalue weighted by atomic mass is 16.6. The van der Waals surface area contributed by atoms with Crippen LogP contribution in [0.15, 0.2) is 0 Å². The Bertz CT molecular complexity index is 362. The number of nitrogens with one attached hydrogen (secondary N) is 2. The van der Waals surface area contributed by atoms with Crippen LogP contribution in [-0.4, -0.2) is 41.4 Å². The lowest BCUT2D eigenvalue weighted by molar-refractivity contribution is -0.125. The van der Waals surface area contributed by atoms with Crippen molar-refractivity contribution in [2.45, 2.75) is 72.6 Å². The van der Waals surface area contributed by atoms with Crippen molar-refractivity contribution < 1.29 is 19.4 Å². The molecule has 0 aromatic carbocycles. The number of carbonyl (C=O) groups excluding carboxylic acids is 2. The Morgan fingerprint density at radius 3 is 2.00 bits per heavy atom. The molecule has 130 valence electrons. The van der Waals surface area contributed by atoms with E-state index in [0.29, 0.717) is 12.3 Å². The van der Waals surface area contributed by atoms with E-state index in [0.717, 1.165) is 0 Å². The molecule has 0 bridgehead atoms. The van der Waals surface area contributed by atoms with E-state index in [4.69, 9.17) is 4.74 Å². The van der Waals surface area contributed by atoms with E-state index in [2.05, 4.69) is 10.6 Å². The highest BCUT2D eigenvalue weighted by Gasteiger charge is 2.28. The van der Waals surface area contributed by atoms with Crippen molar-refractivity contribution in [1.29, 1.82) is 0 Å². The molecule has 0 aliphatic rings. The normalized spacial score (nSPS) is 14.6. The molecule has 0 radical (unpaired) electrons. The van der Waals surface area contributed by atoms with Crippen LogP contribution >= 0.6 is 0 Å². The summed E-state index contributed by atoms with van der Waals surface area (Å²) in [5, 5.41) is 14.7. The summed E-state index contributed by atoms with van der Waals surface area (Å²) >= 11 is 0. The highest BCUT2D eigenvalue weighted by Crippen LogP contribution is 2.10. The molecular formula is C16H32N2O4. The minimum absolute atomic E-state index is 0.0917. The Labute approximate surface area is 134 Å². The summed E-state index contributed by atoms with van der Waals surface area (Å²) in [6.45, 7) is 12.9. The molecule has 0 aromatic rings. The summed E-state index contributed by atoms with van der Waals surface area (Å²) in [7, 11) is 0. The van der Waals surface area contributed by atoms with Crippen LogP contribution in [0.2, 0.25) is 0 Å². The molecule has 2 amide bonds. The van der Waals surface area contributed by atoms with Crippen molar-refractivity contribution in [3.05, 3.63) is 0 Å². The first-order chi connectivity index (χ1) is 9.96. The maximum Gasteiger partial charge on any atom is 0.408 e. The smallest absolute Gasteiger partial charge is 0.408 e. The van der Waals surface area contributed by atoms with Crippen LogP contribution in [0.3, 0.4) is 0 Å². The first kappa shape index (κ1) is 20.7. The maximum absolute atomic E-state index is 12.3. The zero-order valence-electron chi connectivity index (χ0n) is 14.9. The van der Waals surface area contributed by atoms with Gasteiger partial charge >= 0.3 is 6.09 Å². The number of ether oxygens (including phenoxy) is 1. The molecule has 0 rings (SSSR count). The van der Waals surface area contributed by atoms with Crippen molar-refractivity contribution in [2.75, 3.05) is 6.61 Å². The standard InChI is InChI=1S/C16H32N2O4/c1-10(2)8-12(9-19)17-14(20)13(11(3)4)18-15(21)22-16(5,6)7/h10-13,19H,8-9H2,1-7H3,(H,17,20)(H,18,21)/t12-,13-/m0/s1. The first-order valence-electron chi connectivity index (χ1n) is 7.87. The Balaban J connectivity index is 4.73. The van der Waals surface area contributed by atoms with Gasteiger partial charge in [0.25, 0.3) is 0 Å². The van der Waals surface area contributed by atoms with Crippen molar-refractivity contribution in [3.63, 3.8) is 0 Å². The summed E-state index contributed by atoms with van der Waals surface area (Å²) < 4.78 is 5.18. The van der Waals surface area contributed by atoms with Crippen LogP contribution in [0.25, 0.3) is 0 Å². The van der Waals surface area contributed by atoms with E-state index >= 15 is 0 Å². The van der Waals surface area contributed by atoms with Crippen LogP contribution in [0.1, 0.15) is 54.9 Å². The van der Waals surface area contributed by atoms with E-state index in [1.165, 1.54) is 0 Å². The molecule has 0 saturated carbocycles. The molecule has 3 N–H and O–H groups in total. The summed E-state index contributed by atoms with van der Waals surface area (Å²) in [5.74, 6) is -0.0414. The van der Waals surface area contributed by atoms with E-state index in [9.17, 15) is 14.7 Å². The van der Waals surface area contributed by atoms with Gasteiger partial charge in [0.1, 0.15) is 11.6 Å². The molecule has 0 saturated heterocycles. The molecule has 0 unspecified atom stereocenters. The lowest BCUT2D eigenvalue weighted by Crippen LogP contribution is -2.53. The third-order valence-corrected chi connectivity index (χ3v) is 2.94. The lowest BCUT2D eigenvalue weighted by atomic mass is 10.0. The third kappa shape index (κ3) is 8.87. The summed E-state index contributed by atoms with van der Waals surface area (Å²) in [6, 6.07) is -1.01. The Hall–Kier alpha value is -1.30. The fraction of sp³-hybridized carbons (Fsp3) is 0.875. The van der Waals surface area contributed by atoms with E-state index in [1.54, 1.807) is 20.8 Å². The molecule has 2 atom stereocenters. The molecule has 0 aromatic heterocycles. The highest BCUT2D eigenvalue weighted by molar-refractivity contribution is 5.86. The van der Waals surface area contributed by atoms with Gasteiger partial charge in [-0.3, -0.25) is 4.79 Å². The van der Waals surface area contributed by atoms with Gasteiger partial charge in [-0.2, -0.15) is 0 Å². The fourth-order valence-corrected chi connectivity index (χ4v) is 2.01. The number of carbonyl (C=O) groups is 2. The topological polar surface area (TPSA) is 87.7 Å². The number of rotatable bonds is 7. The van der Waals surface area contributed by atoms with Gasteiger partial charge in [0, 0.05) is 0 Å². The zero-order chi connectivity index (χ0) is 17.5. The van der Waals surface area contributed by atoms with E-state index < -0.39 is 17.7 Å². The molecule has 0 fully saturated rings. The second-order valence-corrected chi connectivity index (χ2v) is 7.39. The predicted octanol–water partition coefficient (Wildman–Crippen LogP) is 2.06. The van der Waals surface area contributed by atoms with E-state index in [-0.39, 0.29) is 24.5 Å². The third-order valence-electron chi connectivity index (χ3n) is 2.94. The fourth-order valence-electron chi connectivity index (χ4n) is 2.01. The molecule has 0 heterocycles. The van der Waals surface area contributed by atoms with E-state index in [1.807, 2.05) is 27.7 Å². The van der Waals surface area contributed by atoms with Crippen molar-refractivity contribution in [2.24, 2.45) is 11.8 Å². The Morgan fingerprint density at radius 1 is 1.09 bits per heavy atom. The average molecular weight is 316 g/mol. The SMILES string of the molecule is CC(C)C[C@@H](CO)NC(=O)[C@@H](NC(=O)OC(C)(C)C)C(C)C. The van der Waals surface area contributed by atoms with Crippen LogP contribution in [0.5, 0.6) is 0 Å². The quantitative estimate of drug-likeness (QED) is 0.671. The molecule has 0 spiro atoms. The van der Waals surface area contributed by atoms with Gasteiger partial charge in [0.2, 0.25) is 5.91 Å². The molecule has 22 heavy (non-hydrogen) atoms. The molecule has 6 nitrogen and oxygen atoms in total. The van der Waals surface area contributed by atoms with Gasteiger partial charge in [-0.05, 0) is 39.0 Å². The van der Waals surface area contributed by atoms with Gasteiger partial charge in [-0.1, -0.05) is 27.7 Å². The average Bonchev–Trinajstić information content (AvgIpc) is 2.31. The number of hydrogen-bond acceptors (Lipinski definition) is 4. The Morgan fingerprint density at radius 2 is 1.64 bits per heavy atom. The van der Waals surface area contributed by atoms with Crippen LogP contribution < -0.4 is 10.6 Å². The maximum atomic E-state index is 12.3. The summed E-state index contributed by atoms with van der Waals surface area (Å²) in [5.41, 5.74) is -0.618. The van der Waals surface area contributed by atoms with Gasteiger partial charge in [-0.15, -0.1) is 0 Å². The van der Waals surface area contributed by atoms with Crippen LogP contribution in [0, 0.1) is 11.8 Å². The predicted molar refractivity (Wildman–Crippen MR) is 86.5 cm³/mol. The number of hydrogen-bond donors (Lipinski definition) is 3. The van der Waals surface area contributed by atoms with Gasteiger partial charge in [-0.25, -0.2) is 4.79 Å². The number of aliphatic hydroxyl groups excluding tert-OH is 1. The number of aliphatic hydroxyl groups is 1. The van der Waals surface area contributed by atoms with Gasteiger partial charge < -0.3 is 20.5 Å². The number of amides is 2. The minimum Gasteiger partial charge on any atom is -0.444 e. The lowest BCUT2D eigenvalue weighted by Gasteiger charge is -2.27. The molecular weight excluding hydrogens is 284 g/mol. The van der Waals surface area contributed by atoms with Gasteiger partial charge in [0.15, 0.2) is 0 Å². The summed E-state index contributed by atoms with van der Waals surface area (Å²) in [6.07, 6.45) is 0.0604. The van der Waals surface area contributed by atoms with Crippen molar-refractivity contribution >= 4 is 12.0 Å². The monoisotopic (exact) mass is 316 g/mol. The second-order valence-electron chi connectivity index (χ2n) is 7.39. The second kappa shape index (κ2) is 8.98. The largest absolute Gasteiger partial charge is 0.444 e.